The highest BCUT2D eigenvalue weighted by Crippen LogP contribution is 2.29. The summed E-state index contributed by atoms with van der Waals surface area (Å²) in [7, 11) is 0. The normalized spacial score (nSPS) is 11.5. The lowest BCUT2D eigenvalue weighted by Crippen LogP contribution is -2.30. The van der Waals surface area contributed by atoms with Crippen molar-refractivity contribution >= 4 is 23.3 Å². The molecule has 0 aromatic heterocycles. The molecule has 4 rings (SSSR count). The Labute approximate surface area is 215 Å². The molecular weight excluding hydrogens is 474 g/mol. The maximum Gasteiger partial charge on any atom is 0.254 e. The smallest absolute Gasteiger partial charge is 0.254 e. The second kappa shape index (κ2) is 11.7. The molecule has 0 aliphatic rings. The molecule has 1 amide bonds. The van der Waals surface area contributed by atoms with Crippen LogP contribution in [-0.4, -0.2) is 28.2 Å². The molecule has 0 aliphatic heterocycles. The summed E-state index contributed by atoms with van der Waals surface area (Å²) in [5.41, 5.74) is 2.41. The van der Waals surface area contributed by atoms with Crippen molar-refractivity contribution in [2.24, 2.45) is 0 Å². The molecule has 1 atom stereocenters. The SMILES string of the molecule is CCN(Cc1ccc(C(O)C(=O)c2ccccc2)cc1)C(=O)c1ccc(Oc2ccccc2Cl)cc1. The summed E-state index contributed by atoms with van der Waals surface area (Å²) >= 11 is 6.15. The standard InChI is InChI=1S/C30H26ClNO4/c1-2-32(30(35)24-16-18-25(19-17-24)36-27-11-7-6-10-26(27)31)20-21-12-14-23(15-13-21)29(34)28(33)22-8-4-3-5-9-22/h3-19,29,34H,2,20H2,1H3. The number of ether oxygens (including phenoxy) is 1. The fourth-order valence-corrected chi connectivity index (χ4v) is 3.94. The van der Waals surface area contributed by atoms with E-state index in [4.69, 9.17) is 16.3 Å². The lowest BCUT2D eigenvalue weighted by Gasteiger charge is -2.21. The van der Waals surface area contributed by atoms with Crippen LogP contribution in [0, 0.1) is 0 Å². The fraction of sp³-hybridized carbons (Fsp3) is 0.133. The Morgan fingerprint density at radius 1 is 0.833 bits per heavy atom. The number of ketones is 1. The largest absolute Gasteiger partial charge is 0.456 e. The van der Waals surface area contributed by atoms with Crippen molar-refractivity contribution in [1.82, 2.24) is 4.90 Å². The summed E-state index contributed by atoms with van der Waals surface area (Å²) in [5.74, 6) is 0.676. The first-order valence-corrected chi connectivity index (χ1v) is 12.0. The van der Waals surface area contributed by atoms with Crippen LogP contribution in [0.25, 0.3) is 0 Å². The quantitative estimate of drug-likeness (QED) is 0.260. The number of Topliss-reactive ketones (excluding diaryl/α,β-unsaturated/α-hetero) is 1. The van der Waals surface area contributed by atoms with E-state index in [0.717, 1.165) is 5.56 Å². The van der Waals surface area contributed by atoms with Crippen molar-refractivity contribution in [3.05, 3.63) is 130 Å². The predicted molar refractivity (Wildman–Crippen MR) is 141 cm³/mol. The van der Waals surface area contributed by atoms with Crippen LogP contribution in [0.4, 0.5) is 0 Å². The molecule has 0 fully saturated rings. The summed E-state index contributed by atoms with van der Waals surface area (Å²) in [4.78, 5) is 27.4. The third kappa shape index (κ3) is 6.00. The van der Waals surface area contributed by atoms with E-state index in [9.17, 15) is 14.7 Å². The molecule has 5 nitrogen and oxygen atoms in total. The number of nitrogens with zero attached hydrogens (tertiary/aromatic N) is 1. The Morgan fingerprint density at radius 2 is 1.47 bits per heavy atom. The zero-order valence-electron chi connectivity index (χ0n) is 19.8. The predicted octanol–water partition coefficient (Wildman–Crippen LogP) is 6.71. The van der Waals surface area contributed by atoms with Crippen LogP contribution in [0.5, 0.6) is 11.5 Å². The van der Waals surface area contributed by atoms with Gasteiger partial charge in [0.2, 0.25) is 0 Å². The highest BCUT2D eigenvalue weighted by atomic mass is 35.5. The van der Waals surface area contributed by atoms with Crippen molar-refractivity contribution in [2.45, 2.75) is 19.6 Å². The third-order valence-corrected chi connectivity index (χ3v) is 6.12. The number of rotatable bonds is 9. The van der Waals surface area contributed by atoms with Crippen LogP contribution in [0.1, 0.15) is 44.9 Å². The van der Waals surface area contributed by atoms with E-state index < -0.39 is 6.10 Å². The molecule has 36 heavy (non-hydrogen) atoms. The number of benzene rings is 4. The van der Waals surface area contributed by atoms with Gasteiger partial charge in [-0.3, -0.25) is 9.59 Å². The maximum atomic E-state index is 13.1. The minimum Gasteiger partial charge on any atom is -0.456 e. The van der Waals surface area contributed by atoms with E-state index in [2.05, 4.69) is 0 Å². The van der Waals surface area contributed by atoms with E-state index in [0.29, 0.717) is 46.3 Å². The van der Waals surface area contributed by atoms with Crippen LogP contribution in [0.2, 0.25) is 5.02 Å². The number of aliphatic hydroxyl groups is 1. The van der Waals surface area contributed by atoms with E-state index in [1.165, 1.54) is 0 Å². The molecule has 1 unspecified atom stereocenters. The molecule has 0 aliphatic carbocycles. The number of halogens is 1. The fourth-order valence-electron chi connectivity index (χ4n) is 3.77. The van der Waals surface area contributed by atoms with Crippen LogP contribution in [0.15, 0.2) is 103 Å². The zero-order valence-corrected chi connectivity index (χ0v) is 20.6. The number of carbonyl (C=O) groups is 2. The Kier molecular flexibility index (Phi) is 8.16. The molecule has 4 aromatic carbocycles. The summed E-state index contributed by atoms with van der Waals surface area (Å²) < 4.78 is 5.80. The van der Waals surface area contributed by atoms with E-state index in [1.54, 1.807) is 77.7 Å². The molecular formula is C30H26ClNO4. The van der Waals surface area contributed by atoms with Crippen molar-refractivity contribution in [2.75, 3.05) is 6.54 Å². The van der Waals surface area contributed by atoms with Crippen molar-refractivity contribution in [3.8, 4) is 11.5 Å². The Morgan fingerprint density at radius 3 is 2.11 bits per heavy atom. The monoisotopic (exact) mass is 499 g/mol. The van der Waals surface area contributed by atoms with E-state index in [1.807, 2.05) is 37.3 Å². The van der Waals surface area contributed by atoms with Gasteiger partial charge in [0, 0.05) is 24.2 Å². The van der Waals surface area contributed by atoms with Gasteiger partial charge < -0.3 is 14.7 Å². The maximum absolute atomic E-state index is 13.1. The number of aliphatic hydroxyl groups excluding tert-OH is 1. The van der Waals surface area contributed by atoms with Gasteiger partial charge >= 0.3 is 0 Å². The molecule has 0 radical (unpaired) electrons. The number of hydrogen-bond donors (Lipinski definition) is 1. The lowest BCUT2D eigenvalue weighted by molar-refractivity contribution is 0.0746. The summed E-state index contributed by atoms with van der Waals surface area (Å²) in [6, 6.07) is 29.9. The van der Waals surface area contributed by atoms with Crippen LogP contribution in [0.3, 0.4) is 0 Å². The molecule has 0 saturated heterocycles. The molecule has 182 valence electrons. The first-order valence-electron chi connectivity index (χ1n) is 11.6. The van der Waals surface area contributed by atoms with Gasteiger partial charge in [-0.1, -0.05) is 78.3 Å². The van der Waals surface area contributed by atoms with Crippen LogP contribution in [-0.2, 0) is 6.54 Å². The first-order chi connectivity index (χ1) is 17.5. The van der Waals surface area contributed by atoms with Gasteiger partial charge in [0.25, 0.3) is 5.91 Å². The molecule has 4 aromatic rings. The third-order valence-electron chi connectivity index (χ3n) is 5.81. The lowest BCUT2D eigenvalue weighted by atomic mass is 9.99. The van der Waals surface area contributed by atoms with Crippen LogP contribution < -0.4 is 4.74 Å². The van der Waals surface area contributed by atoms with Gasteiger partial charge in [-0.25, -0.2) is 0 Å². The van der Waals surface area contributed by atoms with Gasteiger partial charge in [0.1, 0.15) is 17.6 Å². The first kappa shape index (κ1) is 25.2. The summed E-state index contributed by atoms with van der Waals surface area (Å²) in [6.45, 7) is 2.84. The second-order valence-electron chi connectivity index (χ2n) is 8.25. The Balaban J connectivity index is 1.40. The Hall–Kier alpha value is -3.93. The minimum atomic E-state index is -1.24. The van der Waals surface area contributed by atoms with Gasteiger partial charge in [-0.05, 0) is 54.4 Å². The number of para-hydroxylation sites is 1. The van der Waals surface area contributed by atoms with E-state index in [-0.39, 0.29) is 11.7 Å². The average Bonchev–Trinajstić information content (AvgIpc) is 2.93. The number of hydrogen-bond acceptors (Lipinski definition) is 4. The topological polar surface area (TPSA) is 66.8 Å². The second-order valence-corrected chi connectivity index (χ2v) is 8.66. The van der Waals surface area contributed by atoms with Gasteiger partial charge in [0.15, 0.2) is 5.78 Å². The van der Waals surface area contributed by atoms with Gasteiger partial charge in [-0.2, -0.15) is 0 Å². The highest BCUT2D eigenvalue weighted by Gasteiger charge is 2.20. The molecule has 0 spiro atoms. The van der Waals surface area contributed by atoms with E-state index >= 15 is 0 Å². The molecule has 0 heterocycles. The Bertz CT molecular complexity index is 1320. The summed E-state index contributed by atoms with van der Waals surface area (Å²) in [6.07, 6.45) is -1.24. The molecule has 1 N–H and O–H groups in total. The van der Waals surface area contributed by atoms with Crippen LogP contribution >= 0.6 is 11.6 Å². The highest BCUT2D eigenvalue weighted by molar-refractivity contribution is 6.32. The van der Waals surface area contributed by atoms with Crippen molar-refractivity contribution < 1.29 is 19.4 Å². The van der Waals surface area contributed by atoms with Gasteiger partial charge in [-0.15, -0.1) is 0 Å². The average molecular weight is 500 g/mol. The molecule has 0 saturated carbocycles. The van der Waals surface area contributed by atoms with Gasteiger partial charge in [0.05, 0.1) is 5.02 Å². The van der Waals surface area contributed by atoms with Crippen molar-refractivity contribution in [1.29, 1.82) is 0 Å². The molecule has 6 heteroatoms. The molecule has 0 bridgehead atoms. The zero-order chi connectivity index (χ0) is 25.5. The number of carbonyl (C=O) groups excluding carboxylic acids is 2. The van der Waals surface area contributed by atoms with Crippen molar-refractivity contribution in [3.63, 3.8) is 0 Å². The number of amides is 1. The summed E-state index contributed by atoms with van der Waals surface area (Å²) in [5, 5.41) is 11.0. The minimum absolute atomic E-state index is 0.106.